The van der Waals surface area contributed by atoms with Gasteiger partial charge in [0.15, 0.2) is 0 Å². The average molecular weight is 210 g/mol. The predicted molar refractivity (Wildman–Crippen MR) is 60.3 cm³/mol. The van der Waals surface area contributed by atoms with Gasteiger partial charge < -0.3 is 4.90 Å². The van der Waals surface area contributed by atoms with E-state index in [1.807, 2.05) is 6.92 Å². The van der Waals surface area contributed by atoms with Gasteiger partial charge in [-0.15, -0.1) is 0 Å². The van der Waals surface area contributed by atoms with Crippen molar-refractivity contribution in [3.63, 3.8) is 0 Å². The summed E-state index contributed by atoms with van der Waals surface area (Å²) in [5, 5.41) is 3.41. The van der Waals surface area contributed by atoms with E-state index in [-0.39, 0.29) is 12.2 Å². The molecular formula is C12H22N2O. The fourth-order valence-electron chi connectivity index (χ4n) is 2.54. The molecule has 2 atom stereocenters. The highest BCUT2D eigenvalue weighted by atomic mass is 16.2. The van der Waals surface area contributed by atoms with Gasteiger partial charge in [0, 0.05) is 6.04 Å². The number of nitrogens with zero attached hydrogens (tertiary/aromatic N) is 1. The van der Waals surface area contributed by atoms with Gasteiger partial charge in [-0.1, -0.05) is 13.8 Å². The summed E-state index contributed by atoms with van der Waals surface area (Å²) in [6.45, 7) is 6.41. The third-order valence-corrected chi connectivity index (χ3v) is 3.57. The Labute approximate surface area is 92.2 Å². The zero-order valence-corrected chi connectivity index (χ0v) is 9.99. The number of hydrogen-bond donors (Lipinski definition) is 1. The summed E-state index contributed by atoms with van der Waals surface area (Å²) >= 11 is 0. The molecule has 1 heterocycles. The van der Waals surface area contributed by atoms with Crippen molar-refractivity contribution >= 4 is 5.91 Å². The van der Waals surface area contributed by atoms with Crippen LogP contribution in [0.3, 0.4) is 0 Å². The van der Waals surface area contributed by atoms with Crippen molar-refractivity contribution < 1.29 is 4.79 Å². The van der Waals surface area contributed by atoms with Gasteiger partial charge in [-0.25, -0.2) is 0 Å². The average Bonchev–Trinajstić information content (AvgIpc) is 2.29. The van der Waals surface area contributed by atoms with E-state index in [2.05, 4.69) is 24.1 Å². The molecule has 1 N–H and O–H groups in total. The van der Waals surface area contributed by atoms with Crippen LogP contribution in [-0.2, 0) is 4.79 Å². The molecule has 2 rings (SSSR count). The van der Waals surface area contributed by atoms with E-state index in [0.717, 1.165) is 6.42 Å². The first-order valence-electron chi connectivity index (χ1n) is 6.18. The number of amides is 1. The van der Waals surface area contributed by atoms with Gasteiger partial charge in [-0.3, -0.25) is 10.1 Å². The van der Waals surface area contributed by atoms with E-state index >= 15 is 0 Å². The highest BCUT2D eigenvalue weighted by molar-refractivity contribution is 5.84. The lowest BCUT2D eigenvalue weighted by Gasteiger charge is -2.38. The van der Waals surface area contributed by atoms with E-state index < -0.39 is 0 Å². The molecule has 0 aromatic heterocycles. The minimum Gasteiger partial charge on any atom is -0.323 e. The molecule has 2 fully saturated rings. The minimum atomic E-state index is 0.0225. The normalized spacial score (nSPS) is 32.5. The molecule has 0 radical (unpaired) electrons. The molecule has 0 spiro atoms. The first-order valence-corrected chi connectivity index (χ1v) is 6.18. The summed E-state index contributed by atoms with van der Waals surface area (Å²) in [6, 6.07) is 0.549. The van der Waals surface area contributed by atoms with Crippen LogP contribution in [0, 0.1) is 5.92 Å². The molecule has 0 aromatic carbocycles. The van der Waals surface area contributed by atoms with Crippen LogP contribution in [0.1, 0.15) is 46.5 Å². The molecule has 0 aromatic rings. The van der Waals surface area contributed by atoms with Gasteiger partial charge in [0.2, 0.25) is 5.91 Å². The van der Waals surface area contributed by atoms with Crippen molar-refractivity contribution in [1.82, 2.24) is 10.2 Å². The van der Waals surface area contributed by atoms with E-state index in [1.54, 1.807) is 0 Å². The highest BCUT2D eigenvalue weighted by Crippen LogP contribution is 2.30. The van der Waals surface area contributed by atoms with Crippen LogP contribution in [0.15, 0.2) is 0 Å². The summed E-state index contributed by atoms with van der Waals surface area (Å²) in [5.74, 6) is 0.952. The predicted octanol–water partition coefficient (Wildman–Crippen LogP) is 1.73. The lowest BCUT2D eigenvalue weighted by atomic mass is 9.90. The highest BCUT2D eigenvalue weighted by Gasteiger charge is 2.41. The van der Waals surface area contributed by atoms with Gasteiger partial charge in [-0.2, -0.15) is 0 Å². The molecule has 3 nitrogen and oxygen atoms in total. The van der Waals surface area contributed by atoms with Gasteiger partial charge in [0.1, 0.15) is 0 Å². The lowest BCUT2D eigenvalue weighted by molar-refractivity contribution is -0.133. The minimum absolute atomic E-state index is 0.0225. The Bertz CT molecular complexity index is 248. The molecule has 2 unspecified atom stereocenters. The van der Waals surface area contributed by atoms with Crippen molar-refractivity contribution in [3.05, 3.63) is 0 Å². The Morgan fingerprint density at radius 2 is 2.13 bits per heavy atom. The molecular weight excluding hydrogens is 188 g/mol. The summed E-state index contributed by atoms with van der Waals surface area (Å²) < 4.78 is 0. The largest absolute Gasteiger partial charge is 0.323 e. The van der Waals surface area contributed by atoms with Crippen molar-refractivity contribution in [2.75, 3.05) is 0 Å². The van der Waals surface area contributed by atoms with Crippen LogP contribution in [0.2, 0.25) is 0 Å². The van der Waals surface area contributed by atoms with Crippen LogP contribution >= 0.6 is 0 Å². The Hall–Kier alpha value is -0.570. The fraction of sp³-hybridized carbons (Fsp3) is 0.917. The van der Waals surface area contributed by atoms with Gasteiger partial charge in [-0.05, 0) is 38.5 Å². The molecule has 1 aliphatic carbocycles. The van der Waals surface area contributed by atoms with Crippen LogP contribution in [0.5, 0.6) is 0 Å². The van der Waals surface area contributed by atoms with E-state index in [4.69, 9.17) is 0 Å². The zero-order chi connectivity index (χ0) is 11.0. The first-order chi connectivity index (χ1) is 7.09. The fourth-order valence-corrected chi connectivity index (χ4v) is 2.54. The van der Waals surface area contributed by atoms with Crippen molar-refractivity contribution in [2.45, 2.75) is 64.7 Å². The molecule has 1 saturated carbocycles. The molecule has 1 amide bonds. The second kappa shape index (κ2) is 4.12. The standard InChI is InChI=1S/C12H22N2O/c1-8(2)7-11-13-9(3)12(15)14(11)10-5-4-6-10/h8-11,13H,4-7H2,1-3H3. The third kappa shape index (κ3) is 2.03. The Kier molecular flexibility index (Phi) is 3.01. The van der Waals surface area contributed by atoms with Crippen LogP contribution in [0.25, 0.3) is 0 Å². The Morgan fingerprint density at radius 1 is 1.47 bits per heavy atom. The molecule has 0 bridgehead atoms. The quantitative estimate of drug-likeness (QED) is 0.769. The maximum absolute atomic E-state index is 12.0. The number of carbonyl (C=O) groups is 1. The SMILES string of the molecule is CC(C)CC1NC(C)C(=O)N1C1CCC1. The Morgan fingerprint density at radius 3 is 2.60 bits per heavy atom. The second-order valence-electron chi connectivity index (χ2n) is 5.36. The Balaban J connectivity index is 2.04. The summed E-state index contributed by atoms with van der Waals surface area (Å²) in [4.78, 5) is 14.1. The summed E-state index contributed by atoms with van der Waals surface area (Å²) in [6.07, 6.45) is 5.06. The van der Waals surface area contributed by atoms with Crippen molar-refractivity contribution in [2.24, 2.45) is 5.92 Å². The summed E-state index contributed by atoms with van der Waals surface area (Å²) in [5.41, 5.74) is 0. The maximum atomic E-state index is 12.0. The van der Waals surface area contributed by atoms with Crippen molar-refractivity contribution in [1.29, 1.82) is 0 Å². The van der Waals surface area contributed by atoms with Gasteiger partial charge in [0.25, 0.3) is 0 Å². The molecule has 3 heteroatoms. The van der Waals surface area contributed by atoms with Crippen LogP contribution in [0.4, 0.5) is 0 Å². The van der Waals surface area contributed by atoms with Crippen LogP contribution in [-0.4, -0.2) is 29.1 Å². The maximum Gasteiger partial charge on any atom is 0.240 e. The monoisotopic (exact) mass is 210 g/mol. The number of hydrogen-bond acceptors (Lipinski definition) is 2. The van der Waals surface area contributed by atoms with Gasteiger partial charge in [0.05, 0.1) is 12.2 Å². The molecule has 2 aliphatic rings. The molecule has 1 aliphatic heterocycles. The molecule has 1 saturated heterocycles. The van der Waals surface area contributed by atoms with E-state index in [1.165, 1.54) is 19.3 Å². The van der Waals surface area contributed by atoms with Gasteiger partial charge >= 0.3 is 0 Å². The number of carbonyl (C=O) groups excluding carboxylic acids is 1. The second-order valence-corrected chi connectivity index (χ2v) is 5.36. The smallest absolute Gasteiger partial charge is 0.240 e. The first kappa shape index (κ1) is 10.9. The summed E-state index contributed by atoms with van der Waals surface area (Å²) in [7, 11) is 0. The third-order valence-electron chi connectivity index (χ3n) is 3.57. The van der Waals surface area contributed by atoms with Crippen LogP contribution < -0.4 is 5.32 Å². The molecule has 15 heavy (non-hydrogen) atoms. The van der Waals surface area contributed by atoms with E-state index in [0.29, 0.717) is 17.9 Å². The van der Waals surface area contributed by atoms with Crippen molar-refractivity contribution in [3.8, 4) is 0 Å². The molecule has 86 valence electrons. The number of rotatable bonds is 3. The lowest BCUT2D eigenvalue weighted by Crippen LogP contribution is -2.48. The number of nitrogens with one attached hydrogen (secondary N) is 1. The van der Waals surface area contributed by atoms with E-state index in [9.17, 15) is 4.79 Å². The zero-order valence-electron chi connectivity index (χ0n) is 9.99. The topological polar surface area (TPSA) is 32.3 Å².